The molecule has 1 aromatic carbocycles. The molecular formula is C17H21NO. The predicted octanol–water partition coefficient (Wildman–Crippen LogP) is 4.54. The van der Waals surface area contributed by atoms with Crippen molar-refractivity contribution >= 4 is 22.6 Å². The Bertz CT molecular complexity index is 677. The molecular weight excluding hydrogens is 234 g/mol. The van der Waals surface area contributed by atoms with Crippen LogP contribution in [0.5, 0.6) is 0 Å². The first-order chi connectivity index (χ1) is 9.04. The number of benzene rings is 1. The second kappa shape index (κ2) is 6.19. The summed E-state index contributed by atoms with van der Waals surface area (Å²) in [5.41, 5.74) is 4.16. The van der Waals surface area contributed by atoms with Crippen molar-refractivity contribution in [3.05, 3.63) is 58.4 Å². The van der Waals surface area contributed by atoms with E-state index in [1.54, 1.807) is 6.08 Å². The van der Waals surface area contributed by atoms with Gasteiger partial charge in [-0.1, -0.05) is 39.1 Å². The van der Waals surface area contributed by atoms with Gasteiger partial charge in [-0.2, -0.15) is 0 Å². The standard InChI is InChI=1S/C15H15NO.C2H6/c1-5-11-14(9(2)3)16-13-8-10(4)6-7-12(13)15(11)17;1-2/h5-8H,1-2H2,3-4H3,(H,16,17);1-2H3. The number of H-pyrrole nitrogens is 1. The molecule has 0 bridgehead atoms. The van der Waals surface area contributed by atoms with Crippen LogP contribution < -0.4 is 5.43 Å². The maximum absolute atomic E-state index is 12.3. The van der Waals surface area contributed by atoms with Crippen LogP contribution >= 0.6 is 0 Å². The molecule has 0 radical (unpaired) electrons. The van der Waals surface area contributed by atoms with Gasteiger partial charge in [0.1, 0.15) is 0 Å². The van der Waals surface area contributed by atoms with Crippen LogP contribution in [0.15, 0.2) is 36.2 Å². The van der Waals surface area contributed by atoms with Crippen LogP contribution in [-0.4, -0.2) is 4.98 Å². The molecule has 0 aliphatic rings. The van der Waals surface area contributed by atoms with E-state index in [1.165, 1.54) is 0 Å². The lowest BCUT2D eigenvalue weighted by Gasteiger charge is -2.08. The molecule has 0 saturated heterocycles. The first-order valence-electron chi connectivity index (χ1n) is 6.49. The number of allylic oxidation sites excluding steroid dienone is 1. The zero-order valence-corrected chi connectivity index (χ0v) is 12.1. The maximum atomic E-state index is 12.3. The lowest BCUT2D eigenvalue weighted by Crippen LogP contribution is -2.10. The normalized spacial score (nSPS) is 9.68. The number of pyridine rings is 1. The van der Waals surface area contributed by atoms with E-state index in [2.05, 4.69) is 18.1 Å². The molecule has 0 aliphatic heterocycles. The van der Waals surface area contributed by atoms with Crippen LogP contribution in [0.2, 0.25) is 0 Å². The Balaban J connectivity index is 0.000000861. The molecule has 2 heteroatoms. The third-order valence-electron chi connectivity index (χ3n) is 2.82. The Morgan fingerprint density at radius 2 is 1.95 bits per heavy atom. The van der Waals surface area contributed by atoms with Gasteiger partial charge >= 0.3 is 0 Å². The number of aromatic nitrogens is 1. The number of nitrogens with one attached hydrogen (secondary N) is 1. The summed E-state index contributed by atoms with van der Waals surface area (Å²) in [6, 6.07) is 5.75. The monoisotopic (exact) mass is 255 g/mol. The van der Waals surface area contributed by atoms with Crippen molar-refractivity contribution in [2.45, 2.75) is 27.7 Å². The lowest BCUT2D eigenvalue weighted by atomic mass is 10.0. The number of hydrogen-bond donors (Lipinski definition) is 1. The Morgan fingerprint density at radius 3 is 2.47 bits per heavy atom. The Hall–Kier alpha value is -2.09. The van der Waals surface area contributed by atoms with Gasteiger partial charge in [0, 0.05) is 10.9 Å². The number of rotatable bonds is 2. The van der Waals surface area contributed by atoms with Crippen molar-refractivity contribution in [2.24, 2.45) is 0 Å². The van der Waals surface area contributed by atoms with Crippen molar-refractivity contribution in [1.82, 2.24) is 4.98 Å². The SMILES string of the molecule is C=Cc1c(C(=C)C)[nH]c2cc(C)ccc2c1=O.CC. The average molecular weight is 255 g/mol. The summed E-state index contributed by atoms with van der Waals surface area (Å²) in [5.74, 6) is 0. The zero-order chi connectivity index (χ0) is 14.6. The van der Waals surface area contributed by atoms with Gasteiger partial charge in [0.2, 0.25) is 0 Å². The van der Waals surface area contributed by atoms with Crippen molar-refractivity contribution in [2.75, 3.05) is 0 Å². The molecule has 2 nitrogen and oxygen atoms in total. The summed E-state index contributed by atoms with van der Waals surface area (Å²) in [4.78, 5) is 15.5. The fourth-order valence-electron chi connectivity index (χ4n) is 1.95. The summed E-state index contributed by atoms with van der Waals surface area (Å²) < 4.78 is 0. The minimum absolute atomic E-state index is 0.00625. The van der Waals surface area contributed by atoms with Crippen LogP contribution in [0.3, 0.4) is 0 Å². The highest BCUT2D eigenvalue weighted by Gasteiger charge is 2.09. The largest absolute Gasteiger partial charge is 0.354 e. The van der Waals surface area contributed by atoms with E-state index in [1.807, 2.05) is 45.9 Å². The summed E-state index contributed by atoms with van der Waals surface area (Å²) >= 11 is 0. The first kappa shape index (κ1) is 15.0. The molecule has 0 spiro atoms. The van der Waals surface area contributed by atoms with Gasteiger partial charge in [-0.3, -0.25) is 4.79 Å². The second-order valence-electron chi connectivity index (χ2n) is 4.28. The first-order valence-corrected chi connectivity index (χ1v) is 6.49. The maximum Gasteiger partial charge on any atom is 0.197 e. The van der Waals surface area contributed by atoms with Crippen molar-refractivity contribution in [3.63, 3.8) is 0 Å². The molecule has 2 aromatic rings. The third kappa shape index (κ3) is 2.84. The van der Waals surface area contributed by atoms with Gasteiger partial charge in [0.25, 0.3) is 0 Å². The third-order valence-corrected chi connectivity index (χ3v) is 2.82. The molecule has 1 heterocycles. The molecule has 2 rings (SSSR count). The summed E-state index contributed by atoms with van der Waals surface area (Å²) in [5, 5.41) is 0.690. The lowest BCUT2D eigenvalue weighted by molar-refractivity contribution is 1.29. The Labute approximate surface area is 114 Å². The summed E-state index contributed by atoms with van der Waals surface area (Å²) in [6.07, 6.45) is 1.59. The van der Waals surface area contributed by atoms with E-state index in [0.717, 1.165) is 22.3 Å². The molecule has 0 amide bonds. The molecule has 19 heavy (non-hydrogen) atoms. The second-order valence-corrected chi connectivity index (χ2v) is 4.28. The molecule has 100 valence electrons. The topological polar surface area (TPSA) is 32.9 Å². The smallest absolute Gasteiger partial charge is 0.197 e. The van der Waals surface area contributed by atoms with Gasteiger partial charge in [0.15, 0.2) is 5.43 Å². The van der Waals surface area contributed by atoms with Crippen LogP contribution in [0.25, 0.3) is 22.6 Å². The Kier molecular flexibility index (Phi) is 4.87. The summed E-state index contributed by atoms with van der Waals surface area (Å²) in [7, 11) is 0. The van der Waals surface area contributed by atoms with Crippen molar-refractivity contribution < 1.29 is 0 Å². The Morgan fingerprint density at radius 1 is 1.32 bits per heavy atom. The molecule has 0 fully saturated rings. The quantitative estimate of drug-likeness (QED) is 0.839. The van der Waals surface area contributed by atoms with Gasteiger partial charge < -0.3 is 4.98 Å². The molecule has 0 aliphatic carbocycles. The van der Waals surface area contributed by atoms with Gasteiger partial charge in [-0.25, -0.2) is 0 Å². The van der Waals surface area contributed by atoms with Crippen LogP contribution in [-0.2, 0) is 0 Å². The van der Waals surface area contributed by atoms with E-state index >= 15 is 0 Å². The van der Waals surface area contributed by atoms with Crippen molar-refractivity contribution in [3.8, 4) is 0 Å². The van der Waals surface area contributed by atoms with E-state index in [-0.39, 0.29) is 5.43 Å². The highest BCUT2D eigenvalue weighted by atomic mass is 16.1. The highest BCUT2D eigenvalue weighted by Crippen LogP contribution is 2.18. The van der Waals surface area contributed by atoms with Gasteiger partial charge in [-0.05, 0) is 37.1 Å². The molecule has 0 saturated carbocycles. The number of aromatic amines is 1. The molecule has 0 atom stereocenters. The minimum atomic E-state index is 0.00625. The van der Waals surface area contributed by atoms with Crippen LogP contribution in [0.4, 0.5) is 0 Å². The summed E-state index contributed by atoms with van der Waals surface area (Å²) in [6.45, 7) is 15.5. The van der Waals surface area contributed by atoms with E-state index in [9.17, 15) is 4.79 Å². The fraction of sp³-hybridized carbons (Fsp3) is 0.235. The van der Waals surface area contributed by atoms with Gasteiger partial charge in [0.05, 0.1) is 11.2 Å². The van der Waals surface area contributed by atoms with Crippen molar-refractivity contribution in [1.29, 1.82) is 0 Å². The minimum Gasteiger partial charge on any atom is -0.354 e. The van der Waals surface area contributed by atoms with Crippen LogP contribution in [0.1, 0.15) is 37.6 Å². The number of aryl methyl sites for hydroxylation is 1. The predicted molar refractivity (Wildman–Crippen MR) is 85.5 cm³/mol. The highest BCUT2D eigenvalue weighted by molar-refractivity contribution is 5.85. The molecule has 0 unspecified atom stereocenters. The van der Waals surface area contributed by atoms with Crippen LogP contribution in [0, 0.1) is 6.92 Å². The zero-order valence-electron chi connectivity index (χ0n) is 12.1. The average Bonchev–Trinajstić information content (AvgIpc) is 2.40. The van der Waals surface area contributed by atoms with E-state index < -0.39 is 0 Å². The number of fused-ring (bicyclic) bond motifs is 1. The molecule has 1 aromatic heterocycles. The van der Waals surface area contributed by atoms with Gasteiger partial charge in [-0.15, -0.1) is 0 Å². The fourth-order valence-corrected chi connectivity index (χ4v) is 1.95. The van der Waals surface area contributed by atoms with E-state index in [4.69, 9.17) is 0 Å². The van der Waals surface area contributed by atoms with E-state index in [0.29, 0.717) is 10.9 Å². The molecule has 1 N–H and O–H groups in total. The number of hydrogen-bond acceptors (Lipinski definition) is 1.